The number of hydrogen-bond donors (Lipinski definition) is 4. The van der Waals surface area contributed by atoms with E-state index in [1.165, 1.54) is 4.90 Å². The predicted octanol–water partition coefficient (Wildman–Crippen LogP) is 7.18. The van der Waals surface area contributed by atoms with Crippen LogP contribution in [0.2, 0.25) is 1.41 Å². The van der Waals surface area contributed by atoms with Gasteiger partial charge in [0.15, 0.2) is 0 Å². The molecule has 4 N–H and O–H groups in total. The average molecular weight is 1010 g/mol. The second-order valence-electron chi connectivity index (χ2n) is 21.3. The van der Waals surface area contributed by atoms with Crippen LogP contribution in [0.15, 0.2) is 47.6 Å². The molecular weight excluding hydrogens is 928 g/mol. The Bertz CT molecular complexity index is 2000. The molecule has 18 heteroatoms. The molecule has 3 heterocycles. The Morgan fingerprint density at radius 1 is 0.972 bits per heavy atom. The minimum Gasteiger partial charge on any atom is -0.460 e. The van der Waals surface area contributed by atoms with Crippen LogP contribution in [0.25, 0.3) is 0 Å². The standard InChI is InChI=1S/C54H84BFN3O13/c1-32-16-12-11-13-17-33(2)46(68-10)30-42-21-19-39(8)54(67,72-42)50(63)51(64)59-23-15-14-18-43(59)52(65)71-47(31-44(60)34(3)27-38(7)49(62)40(9)48(61)37(6)26-32)36(5)29-41-20-22-45(35(4)28-41)69-24-25-70-53(66)57-55-58-56/h11-13,16-17,27,32,34-37,39-43,45-47,49,58,62,67H,14-15,18-26,28-31H2,1-10H3,(H,57,66)/b13-11+,16-12+,33-17+,38-27+/t32-,34-,35-,36-,37-,39-,40?,41-,42+,43+,45?,46+,47+,49-,54-/m1/s1/i58D. The molecule has 16 nitrogen and oxygen atoms in total. The first-order valence-corrected chi connectivity index (χ1v) is 26.2. The van der Waals surface area contributed by atoms with Crippen LogP contribution < -0.4 is 10.7 Å². The van der Waals surface area contributed by atoms with E-state index in [2.05, 4.69) is 6.92 Å². The van der Waals surface area contributed by atoms with Crippen molar-refractivity contribution in [3.05, 3.63) is 47.6 Å². The molecule has 72 heavy (non-hydrogen) atoms. The highest BCUT2D eigenvalue weighted by atomic mass is 19.2. The number of halogens is 1. The van der Waals surface area contributed by atoms with Crippen LogP contribution in [0, 0.1) is 47.3 Å². The average Bonchev–Trinajstić information content (AvgIpc) is 3.35. The van der Waals surface area contributed by atoms with Crippen molar-refractivity contribution in [2.24, 2.45) is 47.3 Å². The highest BCUT2D eigenvalue weighted by Gasteiger charge is 2.53. The lowest BCUT2D eigenvalue weighted by Gasteiger charge is -2.42. The van der Waals surface area contributed by atoms with Gasteiger partial charge in [-0.1, -0.05) is 84.9 Å². The fraction of sp³-hybridized carbons (Fsp3) is 0.741. The Morgan fingerprint density at radius 2 is 1.71 bits per heavy atom. The van der Waals surface area contributed by atoms with Gasteiger partial charge in [-0.25, -0.2) is 9.59 Å². The monoisotopic (exact) mass is 1010 g/mol. The summed E-state index contributed by atoms with van der Waals surface area (Å²) in [6, 6.07) is -1.16. The molecule has 1 saturated carbocycles. The summed E-state index contributed by atoms with van der Waals surface area (Å²) in [7, 11) is 2.07. The first-order chi connectivity index (χ1) is 34.5. The van der Waals surface area contributed by atoms with E-state index in [1.807, 2.05) is 63.3 Å². The summed E-state index contributed by atoms with van der Waals surface area (Å²) in [6.07, 6.45) is 12.8. The molecule has 2 bridgehead atoms. The van der Waals surface area contributed by atoms with Crippen molar-refractivity contribution in [3.63, 3.8) is 0 Å². The second kappa shape index (κ2) is 29.1. The van der Waals surface area contributed by atoms with Crippen LogP contribution in [0.1, 0.15) is 139 Å². The van der Waals surface area contributed by atoms with Crippen molar-refractivity contribution in [2.75, 3.05) is 26.9 Å². The number of aliphatic hydroxyl groups excluding tert-OH is 1. The van der Waals surface area contributed by atoms with Gasteiger partial charge in [0.1, 0.15) is 31.7 Å². The fourth-order valence-electron chi connectivity index (χ4n) is 10.9. The number of hydrogen-bond acceptors (Lipinski definition) is 14. The maximum atomic E-state index is 14.5. The summed E-state index contributed by atoms with van der Waals surface area (Å²) in [5.41, 5.74) is 0.791. The van der Waals surface area contributed by atoms with Crippen LogP contribution >= 0.6 is 0 Å². The molecule has 1 radical (unpaired) electrons. The predicted molar refractivity (Wildman–Crippen MR) is 270 cm³/mol. The molecule has 2 amide bonds. The number of cyclic esters (lactones) is 1. The number of aliphatic hydroxyl groups is 2. The highest BCUT2D eigenvalue weighted by molar-refractivity contribution is 6.39. The first-order valence-electron chi connectivity index (χ1n) is 26.7. The van der Waals surface area contributed by atoms with Gasteiger partial charge in [0.25, 0.3) is 11.7 Å². The third-order valence-electron chi connectivity index (χ3n) is 15.5. The second-order valence-corrected chi connectivity index (χ2v) is 21.3. The summed E-state index contributed by atoms with van der Waals surface area (Å²) in [6.45, 7) is 16.7. The number of esters is 1. The van der Waals surface area contributed by atoms with E-state index in [0.29, 0.717) is 64.5 Å². The number of nitrogens with zero attached hydrogens (tertiary/aromatic N) is 1. The normalized spacial score (nSPS) is 37.7. The Morgan fingerprint density at radius 3 is 2.40 bits per heavy atom. The number of allylic oxidation sites excluding steroid dienone is 6. The van der Waals surface area contributed by atoms with Crippen LogP contribution in [-0.2, 0) is 47.7 Å². The van der Waals surface area contributed by atoms with E-state index < -0.39 is 83.2 Å². The summed E-state index contributed by atoms with van der Waals surface area (Å²) in [5.74, 6) is -8.27. The van der Waals surface area contributed by atoms with Crippen LogP contribution in [0.4, 0.5) is 9.28 Å². The Hall–Kier alpha value is -4.07. The minimum absolute atomic E-state index is 0.0540. The number of Topliss-reactive ketones (excluding diaryl/α,β-unsaturated/α-hetero) is 3. The smallest absolute Gasteiger partial charge is 0.395 e. The Balaban J connectivity index is 1.61. The summed E-state index contributed by atoms with van der Waals surface area (Å²) in [4.78, 5) is 83.9. The van der Waals surface area contributed by atoms with Crippen LogP contribution in [0.3, 0.4) is 0 Å². The van der Waals surface area contributed by atoms with Gasteiger partial charge < -0.3 is 44.0 Å². The van der Waals surface area contributed by atoms with E-state index in [-0.39, 0.29) is 79.9 Å². The van der Waals surface area contributed by atoms with Gasteiger partial charge in [0, 0.05) is 50.2 Å². The molecular formula is C54H84BFN3O13. The molecule has 0 spiro atoms. The van der Waals surface area contributed by atoms with Crippen molar-refractivity contribution in [3.8, 4) is 0 Å². The van der Waals surface area contributed by atoms with Gasteiger partial charge in [0.05, 0.1) is 31.0 Å². The number of ether oxygens (including phenoxy) is 5. The quantitative estimate of drug-likeness (QED) is 0.0426. The van der Waals surface area contributed by atoms with Crippen molar-refractivity contribution in [1.82, 2.24) is 15.6 Å². The zero-order chi connectivity index (χ0) is 54.2. The molecule has 1 aliphatic carbocycles. The number of rotatable bonds is 10. The van der Waals surface area contributed by atoms with Gasteiger partial charge in [-0.15, -0.1) is 4.48 Å². The van der Waals surface area contributed by atoms with E-state index in [0.717, 1.165) is 18.4 Å². The summed E-state index contributed by atoms with van der Waals surface area (Å²) in [5, 5.41) is 25.4. The lowest BCUT2D eigenvalue weighted by Crippen LogP contribution is -2.61. The molecule has 0 aromatic heterocycles. The molecule has 3 aliphatic heterocycles. The lowest BCUT2D eigenvalue weighted by molar-refractivity contribution is -0.265. The molecule has 15 atom stereocenters. The zero-order valence-electron chi connectivity index (χ0n) is 45.4. The fourth-order valence-corrected chi connectivity index (χ4v) is 10.9. The van der Waals surface area contributed by atoms with Gasteiger partial charge in [-0.2, -0.15) is 5.44 Å². The SMILES string of the molecule is [2H]N(F)[B]NC(=O)OCCOC1CC[C@@H](C[C@@H](C)[C@@H]2CC(=O)[C@H](C)/C=C(\C)[C@@H](O)C(C)C(=O)[C@H](C)C[C@H](C)/C=C/C=C/C=C(\C)[C@@H](OC)C[C@@H]3CC[C@@H](C)[C@@](O)(O3)C(=O)C(=O)N3CCCC[C@H]3C(=O)O2)C[C@H]1C. The largest absolute Gasteiger partial charge is 0.460 e. The van der Waals surface area contributed by atoms with Crippen molar-refractivity contribution in [1.29, 1.82) is 0 Å². The van der Waals surface area contributed by atoms with E-state index in [1.54, 1.807) is 40.9 Å². The molecule has 0 aromatic carbocycles. The molecule has 4 aliphatic rings. The van der Waals surface area contributed by atoms with Crippen molar-refractivity contribution in [2.45, 2.75) is 182 Å². The zero-order valence-corrected chi connectivity index (χ0v) is 44.4. The van der Waals surface area contributed by atoms with Crippen LogP contribution in [-0.4, -0.2) is 127 Å². The van der Waals surface area contributed by atoms with E-state index in [9.17, 15) is 43.5 Å². The molecule has 2 saturated heterocycles. The van der Waals surface area contributed by atoms with Crippen molar-refractivity contribution >= 4 is 42.9 Å². The highest BCUT2D eigenvalue weighted by Crippen LogP contribution is 2.39. The molecule has 4 rings (SSSR count). The van der Waals surface area contributed by atoms with Crippen LogP contribution in [0.5, 0.6) is 0 Å². The molecule has 0 aromatic rings. The summed E-state index contributed by atoms with van der Waals surface area (Å²) >= 11 is 0. The number of carbonyl (C=O) groups excluding carboxylic acids is 6. The Labute approximate surface area is 429 Å². The number of nitrogens with one attached hydrogen (secondary N) is 2. The van der Waals surface area contributed by atoms with Crippen molar-refractivity contribution < 1.29 is 68.6 Å². The first kappa shape index (κ1) is 58.8. The molecule has 403 valence electrons. The maximum absolute atomic E-state index is 14.5. The van der Waals surface area contributed by atoms with E-state index in [4.69, 9.17) is 25.1 Å². The van der Waals surface area contributed by atoms with Gasteiger partial charge in [-0.3, -0.25) is 19.2 Å². The number of piperidine rings is 1. The van der Waals surface area contributed by atoms with Gasteiger partial charge in [-0.05, 0) is 113 Å². The number of ketones is 3. The lowest BCUT2D eigenvalue weighted by atomic mass is 9.75. The van der Waals surface area contributed by atoms with E-state index >= 15 is 0 Å². The third kappa shape index (κ3) is 17.3. The molecule has 3 fully saturated rings. The topological polar surface area (TPSA) is 216 Å². The molecule has 2 unspecified atom stereocenters. The number of methoxy groups -OCH3 is 1. The minimum atomic E-state index is -2.45. The third-order valence-corrected chi connectivity index (χ3v) is 15.5. The maximum Gasteiger partial charge on any atom is 0.395 e. The van der Waals surface area contributed by atoms with Gasteiger partial charge in [0.2, 0.25) is 5.79 Å². The number of amides is 2. The number of fused-ring (bicyclic) bond motifs is 3. The number of carbonyl (C=O) groups is 6. The summed E-state index contributed by atoms with van der Waals surface area (Å²) < 4.78 is 48.5. The Kier molecular flexibility index (Phi) is 23.8. The van der Waals surface area contributed by atoms with Gasteiger partial charge >= 0.3 is 19.6 Å².